The Morgan fingerprint density at radius 1 is 0.917 bits per heavy atom. The molecule has 1 aromatic heterocycles. The molecule has 1 heterocycles. The molecule has 0 saturated heterocycles. The summed E-state index contributed by atoms with van der Waals surface area (Å²) in [6.45, 7) is 4.30. The summed E-state index contributed by atoms with van der Waals surface area (Å²) >= 11 is 0. The Hall–Kier alpha value is -2.68. The Morgan fingerprint density at radius 2 is 1.54 bits per heavy atom. The van der Waals surface area contributed by atoms with Gasteiger partial charge in [0.05, 0.1) is 16.9 Å². The molecule has 4 rings (SSSR count). The van der Waals surface area contributed by atoms with E-state index in [0.29, 0.717) is 6.42 Å². The first kappa shape index (κ1) is 14.9. The van der Waals surface area contributed by atoms with Gasteiger partial charge in [-0.1, -0.05) is 62.4 Å². The predicted molar refractivity (Wildman–Crippen MR) is 95.4 cm³/mol. The number of aromatic nitrogens is 2. The summed E-state index contributed by atoms with van der Waals surface area (Å²) in [5.74, 6) is 0.197. The minimum atomic E-state index is -0.0371. The van der Waals surface area contributed by atoms with Crippen LogP contribution in [0.15, 0.2) is 60.7 Å². The van der Waals surface area contributed by atoms with Crippen molar-refractivity contribution in [1.82, 2.24) is 9.78 Å². The molecule has 24 heavy (non-hydrogen) atoms. The maximum Gasteiger partial charge on any atom is 0.167 e. The van der Waals surface area contributed by atoms with Crippen LogP contribution in [-0.2, 0) is 6.42 Å². The van der Waals surface area contributed by atoms with Gasteiger partial charge in [-0.3, -0.25) is 4.79 Å². The van der Waals surface area contributed by atoms with E-state index in [1.54, 1.807) is 0 Å². The highest BCUT2D eigenvalue weighted by molar-refractivity contribution is 6.04. The van der Waals surface area contributed by atoms with Gasteiger partial charge in [-0.2, -0.15) is 5.10 Å². The smallest absolute Gasteiger partial charge is 0.167 e. The van der Waals surface area contributed by atoms with E-state index >= 15 is 0 Å². The first-order valence-electron chi connectivity index (χ1n) is 8.31. The van der Waals surface area contributed by atoms with Crippen LogP contribution in [0.25, 0.3) is 16.9 Å². The fourth-order valence-corrected chi connectivity index (χ4v) is 3.53. The van der Waals surface area contributed by atoms with Gasteiger partial charge in [-0.25, -0.2) is 4.68 Å². The summed E-state index contributed by atoms with van der Waals surface area (Å²) < 4.78 is 1.95. The van der Waals surface area contributed by atoms with Crippen molar-refractivity contribution in [3.8, 4) is 16.9 Å². The molecule has 0 atom stereocenters. The molecule has 0 N–H and O–H groups in total. The molecule has 3 nitrogen and oxygen atoms in total. The number of benzene rings is 2. The second-order valence-electron chi connectivity index (χ2n) is 7.22. The Bertz CT molecular complexity index is 892. The third kappa shape index (κ3) is 2.46. The van der Waals surface area contributed by atoms with E-state index in [-0.39, 0.29) is 11.2 Å². The van der Waals surface area contributed by atoms with Crippen LogP contribution in [0.5, 0.6) is 0 Å². The normalized spacial score (nSPS) is 16.0. The van der Waals surface area contributed by atoms with Crippen molar-refractivity contribution in [2.24, 2.45) is 5.41 Å². The highest BCUT2D eigenvalue weighted by Gasteiger charge is 2.36. The third-order valence-electron chi connectivity index (χ3n) is 4.59. The van der Waals surface area contributed by atoms with Crippen LogP contribution >= 0.6 is 0 Å². The largest absolute Gasteiger partial charge is 0.294 e. The van der Waals surface area contributed by atoms with Crippen molar-refractivity contribution in [3.63, 3.8) is 0 Å². The maximum absolute atomic E-state index is 12.9. The van der Waals surface area contributed by atoms with E-state index in [9.17, 15) is 4.79 Å². The number of para-hydroxylation sites is 1. The number of hydrogen-bond donors (Lipinski definition) is 0. The molecule has 0 bridgehead atoms. The Balaban J connectivity index is 1.98. The lowest BCUT2D eigenvalue weighted by atomic mass is 9.75. The summed E-state index contributed by atoms with van der Waals surface area (Å²) in [6.07, 6.45) is 1.42. The zero-order valence-corrected chi connectivity index (χ0v) is 14.0. The van der Waals surface area contributed by atoms with Crippen LogP contribution in [0.4, 0.5) is 0 Å². The quantitative estimate of drug-likeness (QED) is 0.687. The Morgan fingerprint density at radius 3 is 2.21 bits per heavy atom. The number of hydrogen-bond acceptors (Lipinski definition) is 2. The maximum atomic E-state index is 12.9. The SMILES string of the molecule is CC1(C)CC(=O)c2c(-c3ccccc3)nn(-c3ccccc3)c2C1. The molecule has 0 amide bonds. The highest BCUT2D eigenvalue weighted by atomic mass is 16.1. The lowest BCUT2D eigenvalue weighted by molar-refractivity contribution is 0.0911. The van der Waals surface area contributed by atoms with Gasteiger partial charge in [0, 0.05) is 12.0 Å². The van der Waals surface area contributed by atoms with Gasteiger partial charge in [0.2, 0.25) is 0 Å². The summed E-state index contributed by atoms with van der Waals surface area (Å²) in [4.78, 5) is 12.9. The van der Waals surface area contributed by atoms with Crippen LogP contribution in [0, 0.1) is 5.41 Å². The molecular formula is C21H20N2O. The van der Waals surface area contributed by atoms with Crippen LogP contribution in [-0.4, -0.2) is 15.6 Å². The molecule has 3 heteroatoms. The predicted octanol–water partition coefficient (Wildman–Crippen LogP) is 4.69. The number of carbonyl (C=O) groups is 1. The van der Waals surface area contributed by atoms with E-state index in [1.165, 1.54) is 0 Å². The molecule has 120 valence electrons. The number of rotatable bonds is 2. The standard InChI is InChI=1S/C21H20N2O/c1-21(2)13-17-19(18(24)14-21)20(15-9-5-3-6-10-15)22-23(17)16-11-7-4-8-12-16/h3-12H,13-14H2,1-2H3. The number of Topliss-reactive ketones (excluding diaryl/α,β-unsaturated/α-hetero) is 1. The highest BCUT2D eigenvalue weighted by Crippen LogP contribution is 2.39. The summed E-state index contributed by atoms with van der Waals surface area (Å²) in [7, 11) is 0. The fraction of sp³-hybridized carbons (Fsp3) is 0.238. The van der Waals surface area contributed by atoms with Crippen LogP contribution in [0.1, 0.15) is 36.3 Å². The van der Waals surface area contributed by atoms with E-state index in [2.05, 4.69) is 13.8 Å². The van der Waals surface area contributed by atoms with Crippen LogP contribution in [0.3, 0.4) is 0 Å². The lowest BCUT2D eigenvalue weighted by Crippen LogP contribution is -2.28. The molecule has 1 aliphatic rings. The van der Waals surface area contributed by atoms with E-state index in [0.717, 1.165) is 34.6 Å². The van der Waals surface area contributed by atoms with Gasteiger partial charge >= 0.3 is 0 Å². The third-order valence-corrected chi connectivity index (χ3v) is 4.59. The van der Waals surface area contributed by atoms with E-state index < -0.39 is 0 Å². The second-order valence-corrected chi connectivity index (χ2v) is 7.22. The van der Waals surface area contributed by atoms with Crippen molar-refractivity contribution in [3.05, 3.63) is 71.9 Å². The first-order chi connectivity index (χ1) is 11.6. The minimum Gasteiger partial charge on any atom is -0.294 e. The monoisotopic (exact) mass is 316 g/mol. The lowest BCUT2D eigenvalue weighted by Gasteiger charge is -2.29. The molecule has 0 saturated carbocycles. The minimum absolute atomic E-state index is 0.0371. The molecule has 0 spiro atoms. The second kappa shape index (κ2) is 5.45. The summed E-state index contributed by atoms with van der Waals surface area (Å²) in [6, 6.07) is 20.1. The number of nitrogens with zero attached hydrogens (tertiary/aromatic N) is 2. The summed E-state index contributed by atoms with van der Waals surface area (Å²) in [5.41, 5.74) is 4.59. The van der Waals surface area contributed by atoms with Crippen molar-refractivity contribution in [2.45, 2.75) is 26.7 Å². The summed E-state index contributed by atoms with van der Waals surface area (Å²) in [5, 5.41) is 4.84. The average Bonchev–Trinajstić information content (AvgIpc) is 2.95. The molecule has 0 radical (unpaired) electrons. The molecule has 1 aliphatic carbocycles. The average molecular weight is 316 g/mol. The number of carbonyl (C=O) groups excluding carboxylic acids is 1. The Kier molecular flexibility index (Phi) is 3.38. The zero-order chi connectivity index (χ0) is 16.7. The van der Waals surface area contributed by atoms with Crippen LogP contribution in [0.2, 0.25) is 0 Å². The topological polar surface area (TPSA) is 34.9 Å². The van der Waals surface area contributed by atoms with Gasteiger partial charge in [-0.15, -0.1) is 0 Å². The van der Waals surface area contributed by atoms with Crippen molar-refractivity contribution in [2.75, 3.05) is 0 Å². The first-order valence-corrected chi connectivity index (χ1v) is 8.31. The van der Waals surface area contributed by atoms with Crippen molar-refractivity contribution in [1.29, 1.82) is 0 Å². The molecule has 3 aromatic rings. The van der Waals surface area contributed by atoms with Gasteiger partial charge in [0.25, 0.3) is 0 Å². The van der Waals surface area contributed by atoms with Gasteiger partial charge in [0.15, 0.2) is 5.78 Å². The van der Waals surface area contributed by atoms with Gasteiger partial charge in [-0.05, 0) is 24.0 Å². The molecule has 2 aromatic carbocycles. The van der Waals surface area contributed by atoms with Crippen molar-refractivity contribution >= 4 is 5.78 Å². The van der Waals surface area contributed by atoms with E-state index in [1.807, 2.05) is 65.3 Å². The number of fused-ring (bicyclic) bond motifs is 1. The van der Waals surface area contributed by atoms with Gasteiger partial charge in [0.1, 0.15) is 5.69 Å². The molecule has 0 fully saturated rings. The molecule has 0 aliphatic heterocycles. The fourth-order valence-electron chi connectivity index (χ4n) is 3.53. The molecule has 0 unspecified atom stereocenters. The van der Waals surface area contributed by atoms with Gasteiger partial charge < -0.3 is 0 Å². The van der Waals surface area contributed by atoms with E-state index in [4.69, 9.17) is 5.10 Å². The Labute approximate surface area is 141 Å². The zero-order valence-electron chi connectivity index (χ0n) is 14.0. The number of ketones is 1. The van der Waals surface area contributed by atoms with Crippen molar-refractivity contribution < 1.29 is 4.79 Å². The molecular weight excluding hydrogens is 296 g/mol. The van der Waals surface area contributed by atoms with Crippen LogP contribution < -0.4 is 0 Å².